The highest BCUT2D eigenvalue weighted by molar-refractivity contribution is 6.30. The van der Waals surface area contributed by atoms with E-state index in [-0.39, 0.29) is 16.4 Å². The van der Waals surface area contributed by atoms with Gasteiger partial charge in [-0.25, -0.2) is 4.39 Å². The third-order valence-corrected chi connectivity index (χ3v) is 4.18. The quantitative estimate of drug-likeness (QED) is 0.859. The van der Waals surface area contributed by atoms with Crippen molar-refractivity contribution in [1.29, 1.82) is 0 Å². The number of nitrogens with one attached hydrogen (secondary N) is 1. The lowest BCUT2D eigenvalue weighted by Gasteiger charge is -2.36. The summed E-state index contributed by atoms with van der Waals surface area (Å²) in [6, 6.07) is 4.85. The van der Waals surface area contributed by atoms with Gasteiger partial charge in [0, 0.05) is 31.2 Å². The van der Waals surface area contributed by atoms with Gasteiger partial charge >= 0.3 is 0 Å². The van der Waals surface area contributed by atoms with E-state index >= 15 is 0 Å². The Labute approximate surface area is 116 Å². The highest BCUT2D eigenvalue weighted by atomic mass is 35.5. The first-order chi connectivity index (χ1) is 8.65. The predicted octanol–water partition coefficient (Wildman–Crippen LogP) is 3.36. The zero-order valence-corrected chi connectivity index (χ0v) is 11.5. The number of hydrogen-bond donors (Lipinski definition) is 1. The van der Waals surface area contributed by atoms with Crippen LogP contribution in [-0.2, 0) is 11.3 Å². The summed E-state index contributed by atoms with van der Waals surface area (Å²) in [4.78, 5) is 0. The molecule has 1 heterocycles. The molecule has 2 nitrogen and oxygen atoms in total. The Morgan fingerprint density at radius 1 is 1.33 bits per heavy atom. The van der Waals surface area contributed by atoms with E-state index in [1.54, 1.807) is 6.07 Å². The van der Waals surface area contributed by atoms with Crippen LogP contribution in [0.25, 0.3) is 0 Å². The molecule has 0 radical (unpaired) electrons. The molecule has 1 aromatic rings. The highest BCUT2D eigenvalue weighted by Gasteiger charge is 2.30. The van der Waals surface area contributed by atoms with Crippen LogP contribution in [0.2, 0.25) is 5.02 Å². The Hall–Kier alpha value is -0.350. The Morgan fingerprint density at radius 2 is 2.06 bits per heavy atom. The molecule has 0 aliphatic carbocycles. The second-order valence-electron chi connectivity index (χ2n) is 4.63. The summed E-state index contributed by atoms with van der Waals surface area (Å²) < 4.78 is 18.7. The van der Waals surface area contributed by atoms with E-state index in [1.165, 1.54) is 6.07 Å². The third-order valence-electron chi connectivity index (χ3n) is 3.36. The fourth-order valence-electron chi connectivity index (χ4n) is 2.06. The van der Waals surface area contributed by atoms with Gasteiger partial charge in [0.05, 0.1) is 5.02 Å². The summed E-state index contributed by atoms with van der Waals surface area (Å²) in [7, 11) is 0. The lowest BCUT2D eigenvalue weighted by molar-refractivity contribution is 0.0459. The molecule has 1 fully saturated rings. The van der Waals surface area contributed by atoms with E-state index in [0.717, 1.165) is 18.4 Å². The van der Waals surface area contributed by atoms with Crippen LogP contribution >= 0.6 is 23.2 Å². The minimum Gasteiger partial charge on any atom is -0.381 e. The number of alkyl halides is 1. The molecule has 1 N–H and O–H groups in total. The minimum atomic E-state index is -0.386. The summed E-state index contributed by atoms with van der Waals surface area (Å²) in [6.07, 6.45) is 1.76. The maximum absolute atomic E-state index is 13.3. The van der Waals surface area contributed by atoms with E-state index in [0.29, 0.717) is 25.6 Å². The molecule has 1 aliphatic heterocycles. The minimum absolute atomic E-state index is 0.101. The molecule has 0 amide bonds. The van der Waals surface area contributed by atoms with Gasteiger partial charge in [-0.1, -0.05) is 17.7 Å². The van der Waals surface area contributed by atoms with Crippen LogP contribution in [0.15, 0.2) is 18.2 Å². The van der Waals surface area contributed by atoms with E-state index in [4.69, 9.17) is 27.9 Å². The van der Waals surface area contributed by atoms with Crippen molar-refractivity contribution in [3.63, 3.8) is 0 Å². The normalized spacial score (nSPS) is 18.8. The summed E-state index contributed by atoms with van der Waals surface area (Å²) in [5.74, 6) is 0.148. The number of benzene rings is 1. The molecule has 2 rings (SSSR count). The van der Waals surface area contributed by atoms with Crippen molar-refractivity contribution in [3.8, 4) is 0 Å². The van der Waals surface area contributed by atoms with Crippen molar-refractivity contribution in [3.05, 3.63) is 34.6 Å². The largest absolute Gasteiger partial charge is 0.381 e. The second-order valence-corrected chi connectivity index (χ2v) is 5.30. The Morgan fingerprint density at radius 3 is 2.67 bits per heavy atom. The summed E-state index contributed by atoms with van der Waals surface area (Å²) in [6.45, 7) is 2.02. The first-order valence-corrected chi connectivity index (χ1v) is 6.89. The molecule has 5 heteroatoms. The van der Waals surface area contributed by atoms with Gasteiger partial charge in [-0.15, -0.1) is 11.6 Å². The van der Waals surface area contributed by atoms with Gasteiger partial charge in [0.1, 0.15) is 5.82 Å². The monoisotopic (exact) mass is 291 g/mol. The van der Waals surface area contributed by atoms with Crippen molar-refractivity contribution in [1.82, 2.24) is 5.32 Å². The third kappa shape index (κ3) is 3.35. The molecule has 0 atom stereocenters. The Kier molecular flexibility index (Phi) is 4.84. The van der Waals surface area contributed by atoms with Crippen LogP contribution < -0.4 is 5.32 Å². The second kappa shape index (κ2) is 6.20. The maximum atomic E-state index is 13.3. The van der Waals surface area contributed by atoms with Gasteiger partial charge in [-0.05, 0) is 30.5 Å². The standard InChI is InChI=1S/C13H16Cl2FNO/c14-9-13(3-5-18-6-4-13)17-8-10-1-2-11(15)12(16)7-10/h1-2,7,17H,3-6,8-9H2. The molecule has 1 saturated heterocycles. The molecule has 0 aromatic heterocycles. The van der Waals surface area contributed by atoms with Crippen molar-refractivity contribution in [2.24, 2.45) is 0 Å². The van der Waals surface area contributed by atoms with Gasteiger partial charge < -0.3 is 10.1 Å². The van der Waals surface area contributed by atoms with Gasteiger partial charge in [-0.3, -0.25) is 0 Å². The van der Waals surface area contributed by atoms with Crippen LogP contribution in [-0.4, -0.2) is 24.6 Å². The molecular weight excluding hydrogens is 276 g/mol. The molecular formula is C13H16Cl2FNO. The van der Waals surface area contributed by atoms with Gasteiger partial charge in [0.25, 0.3) is 0 Å². The van der Waals surface area contributed by atoms with Crippen LogP contribution in [0.4, 0.5) is 4.39 Å². The topological polar surface area (TPSA) is 21.3 Å². The molecule has 18 heavy (non-hydrogen) atoms. The number of halogens is 3. The average molecular weight is 292 g/mol. The van der Waals surface area contributed by atoms with Crippen LogP contribution in [0, 0.1) is 5.82 Å². The molecule has 1 aromatic carbocycles. The first kappa shape index (κ1) is 14.1. The average Bonchev–Trinajstić information content (AvgIpc) is 2.41. The Bertz CT molecular complexity index is 408. The van der Waals surface area contributed by atoms with E-state index < -0.39 is 0 Å². The Balaban J connectivity index is 1.98. The summed E-state index contributed by atoms with van der Waals surface area (Å²) in [5.41, 5.74) is 0.767. The summed E-state index contributed by atoms with van der Waals surface area (Å²) in [5, 5.41) is 3.58. The smallest absolute Gasteiger partial charge is 0.142 e. The van der Waals surface area contributed by atoms with Gasteiger partial charge in [-0.2, -0.15) is 0 Å². The van der Waals surface area contributed by atoms with Gasteiger partial charge in [0.15, 0.2) is 0 Å². The van der Waals surface area contributed by atoms with E-state index in [9.17, 15) is 4.39 Å². The SMILES string of the molecule is Fc1cc(CNC2(CCl)CCOCC2)ccc1Cl. The van der Waals surface area contributed by atoms with Crippen molar-refractivity contribution >= 4 is 23.2 Å². The van der Waals surface area contributed by atoms with Crippen molar-refractivity contribution in [2.45, 2.75) is 24.9 Å². The molecule has 0 spiro atoms. The summed E-state index contributed by atoms with van der Waals surface area (Å²) >= 11 is 11.7. The van der Waals surface area contributed by atoms with Crippen molar-refractivity contribution < 1.29 is 9.13 Å². The van der Waals surface area contributed by atoms with Crippen LogP contribution in [0.5, 0.6) is 0 Å². The first-order valence-electron chi connectivity index (χ1n) is 5.98. The fraction of sp³-hybridized carbons (Fsp3) is 0.538. The zero-order valence-electron chi connectivity index (χ0n) is 10.0. The van der Waals surface area contributed by atoms with Crippen LogP contribution in [0.3, 0.4) is 0 Å². The van der Waals surface area contributed by atoms with Gasteiger partial charge in [0.2, 0.25) is 0 Å². The van der Waals surface area contributed by atoms with Crippen molar-refractivity contribution in [2.75, 3.05) is 19.1 Å². The predicted molar refractivity (Wildman–Crippen MR) is 71.8 cm³/mol. The van der Waals surface area contributed by atoms with Crippen LogP contribution in [0.1, 0.15) is 18.4 Å². The van der Waals surface area contributed by atoms with E-state index in [1.807, 2.05) is 6.07 Å². The number of hydrogen-bond acceptors (Lipinski definition) is 2. The molecule has 1 aliphatic rings. The number of ether oxygens (including phenoxy) is 1. The van der Waals surface area contributed by atoms with E-state index in [2.05, 4.69) is 5.32 Å². The highest BCUT2D eigenvalue weighted by Crippen LogP contribution is 2.23. The number of rotatable bonds is 4. The fourth-order valence-corrected chi connectivity index (χ4v) is 2.54. The zero-order chi connectivity index (χ0) is 13.0. The molecule has 0 bridgehead atoms. The molecule has 0 unspecified atom stereocenters. The molecule has 100 valence electrons. The lowest BCUT2D eigenvalue weighted by Crippen LogP contribution is -2.50. The molecule has 0 saturated carbocycles. The lowest BCUT2D eigenvalue weighted by atomic mass is 9.92. The maximum Gasteiger partial charge on any atom is 0.142 e.